The number of hydrogen-bond donors (Lipinski definition) is 1. The summed E-state index contributed by atoms with van der Waals surface area (Å²) in [5, 5.41) is 0. The number of aldehydes is 1. The predicted octanol–water partition coefficient (Wildman–Crippen LogP) is 6.58. The van der Waals surface area contributed by atoms with Crippen molar-refractivity contribution in [2.24, 2.45) is 5.41 Å². The topological polar surface area (TPSA) is 114 Å². The van der Waals surface area contributed by atoms with E-state index in [9.17, 15) is 14.4 Å². The minimum Gasteiger partial charge on any atom is -0.494 e. The number of aromatic amines is 1. The summed E-state index contributed by atoms with van der Waals surface area (Å²) in [6, 6.07) is 17.0. The SMILES string of the molecule is COc1c(N2CCC(OC3CCC4(CC3)CN(C(=O)OC(C)(C)C)C4)CC2)ccc(C=O)c1CN(C)c1ccc(OCc2ccccc2)[nH]c1=O. The highest BCUT2D eigenvalue weighted by molar-refractivity contribution is 5.82. The van der Waals surface area contributed by atoms with Gasteiger partial charge in [-0.2, -0.15) is 0 Å². The molecule has 3 aromatic rings. The molecule has 274 valence electrons. The number of anilines is 2. The van der Waals surface area contributed by atoms with Gasteiger partial charge >= 0.3 is 6.09 Å². The van der Waals surface area contributed by atoms with Gasteiger partial charge in [-0.25, -0.2) is 4.79 Å². The van der Waals surface area contributed by atoms with Crippen molar-refractivity contribution in [1.82, 2.24) is 9.88 Å². The van der Waals surface area contributed by atoms with E-state index in [0.29, 0.717) is 36.0 Å². The Balaban J connectivity index is 1.02. The number of amides is 1. The lowest BCUT2D eigenvalue weighted by molar-refractivity contribution is -0.0944. The number of pyridine rings is 1. The molecule has 3 heterocycles. The number of piperidine rings is 1. The predicted molar refractivity (Wildman–Crippen MR) is 197 cm³/mol. The van der Waals surface area contributed by atoms with Gasteiger partial charge in [0.15, 0.2) is 12.2 Å². The van der Waals surface area contributed by atoms with Gasteiger partial charge in [-0.05, 0) is 83.1 Å². The van der Waals surface area contributed by atoms with Crippen LogP contribution in [-0.4, -0.2) is 80.4 Å². The van der Waals surface area contributed by atoms with Crippen LogP contribution in [0.1, 0.15) is 80.8 Å². The van der Waals surface area contributed by atoms with Gasteiger partial charge in [0.25, 0.3) is 5.56 Å². The first-order valence-corrected chi connectivity index (χ1v) is 18.1. The second-order valence-corrected chi connectivity index (χ2v) is 15.3. The number of ether oxygens (including phenoxy) is 4. The standard InChI is InChI=1S/C40H52N4O7/c1-39(2,3)51-38(47)44-26-40(27-44)19-15-30(16-20-40)50-31-17-21-43(22-18-31)33-12-11-29(24-45)32(36(33)48-5)23-42(4)34-13-14-35(41-37(34)46)49-25-28-9-7-6-8-10-28/h6-14,24,30-31H,15-23,25-27H2,1-5H3,(H,41,46). The number of H-pyrrole nitrogens is 1. The van der Waals surface area contributed by atoms with E-state index in [1.807, 2.05) is 80.1 Å². The molecule has 1 N–H and O–H groups in total. The molecule has 1 aromatic heterocycles. The molecule has 1 saturated carbocycles. The highest BCUT2D eigenvalue weighted by Gasteiger charge is 2.48. The minimum absolute atomic E-state index is 0.192. The van der Waals surface area contributed by atoms with Crippen LogP contribution in [0.4, 0.5) is 16.2 Å². The van der Waals surface area contributed by atoms with Gasteiger partial charge in [0.1, 0.15) is 23.6 Å². The van der Waals surface area contributed by atoms with Crippen LogP contribution in [0.25, 0.3) is 0 Å². The van der Waals surface area contributed by atoms with Crippen LogP contribution in [0.2, 0.25) is 0 Å². The Hall–Kier alpha value is -4.51. The molecule has 51 heavy (non-hydrogen) atoms. The molecule has 1 spiro atoms. The number of carbonyl (C=O) groups is 2. The molecule has 1 amide bonds. The second-order valence-electron chi connectivity index (χ2n) is 15.3. The number of benzene rings is 2. The fourth-order valence-electron chi connectivity index (χ4n) is 7.65. The highest BCUT2D eigenvalue weighted by Crippen LogP contribution is 2.45. The van der Waals surface area contributed by atoms with Crippen molar-refractivity contribution in [3.8, 4) is 11.6 Å². The van der Waals surface area contributed by atoms with Gasteiger partial charge in [0, 0.05) is 62.4 Å². The van der Waals surface area contributed by atoms with Gasteiger partial charge < -0.3 is 33.6 Å². The van der Waals surface area contributed by atoms with E-state index in [4.69, 9.17) is 18.9 Å². The number of carbonyl (C=O) groups excluding carboxylic acids is 2. The molecule has 3 fully saturated rings. The van der Waals surface area contributed by atoms with Crippen molar-refractivity contribution in [1.29, 1.82) is 0 Å². The zero-order chi connectivity index (χ0) is 36.2. The minimum atomic E-state index is -0.473. The molecule has 0 atom stereocenters. The Bertz CT molecular complexity index is 1710. The lowest BCUT2D eigenvalue weighted by atomic mass is 9.68. The second kappa shape index (κ2) is 15.4. The molecule has 1 aliphatic carbocycles. The molecule has 11 nitrogen and oxygen atoms in total. The Morgan fingerprint density at radius 1 is 0.980 bits per heavy atom. The molecule has 6 rings (SSSR count). The molecule has 3 aliphatic rings. The fraction of sp³-hybridized carbons (Fsp3) is 0.525. The largest absolute Gasteiger partial charge is 0.494 e. The number of aromatic nitrogens is 1. The number of likely N-dealkylation sites (tertiary alicyclic amines) is 1. The van der Waals surface area contributed by atoms with Crippen molar-refractivity contribution in [2.45, 2.75) is 90.3 Å². The van der Waals surface area contributed by atoms with Crippen molar-refractivity contribution in [2.75, 3.05) is 50.1 Å². The summed E-state index contributed by atoms with van der Waals surface area (Å²) in [5.74, 6) is 1.03. The summed E-state index contributed by atoms with van der Waals surface area (Å²) in [4.78, 5) is 46.5. The normalized spacial score (nSPS) is 17.9. The third-order valence-electron chi connectivity index (χ3n) is 10.4. The molecule has 2 saturated heterocycles. The summed E-state index contributed by atoms with van der Waals surface area (Å²) in [5.41, 5.74) is 3.10. The maximum absolute atomic E-state index is 13.1. The number of methoxy groups -OCH3 is 1. The Morgan fingerprint density at radius 3 is 2.29 bits per heavy atom. The molecular weight excluding hydrogens is 648 g/mol. The number of hydrogen-bond acceptors (Lipinski definition) is 9. The van der Waals surface area contributed by atoms with Gasteiger partial charge in [0.05, 0.1) is 25.0 Å². The summed E-state index contributed by atoms with van der Waals surface area (Å²) in [7, 11) is 3.46. The Morgan fingerprint density at radius 2 is 1.67 bits per heavy atom. The van der Waals surface area contributed by atoms with Crippen molar-refractivity contribution >= 4 is 23.8 Å². The van der Waals surface area contributed by atoms with E-state index in [1.54, 1.807) is 19.2 Å². The maximum atomic E-state index is 13.1. The van der Waals surface area contributed by atoms with Crippen LogP contribution in [-0.2, 0) is 22.6 Å². The number of nitrogens with one attached hydrogen (secondary N) is 1. The zero-order valence-corrected chi connectivity index (χ0v) is 30.6. The van der Waals surface area contributed by atoms with Crippen molar-refractivity contribution < 1.29 is 28.5 Å². The van der Waals surface area contributed by atoms with Crippen LogP contribution >= 0.6 is 0 Å². The van der Waals surface area contributed by atoms with Crippen LogP contribution in [0, 0.1) is 5.41 Å². The number of rotatable bonds is 11. The Kier molecular flexibility index (Phi) is 10.9. The third kappa shape index (κ3) is 8.69. The Labute approximate surface area is 300 Å². The van der Waals surface area contributed by atoms with Crippen molar-refractivity contribution in [3.63, 3.8) is 0 Å². The van der Waals surface area contributed by atoms with Crippen LogP contribution in [0.3, 0.4) is 0 Å². The van der Waals surface area contributed by atoms with Gasteiger partial charge in [-0.1, -0.05) is 30.3 Å². The van der Waals surface area contributed by atoms with E-state index in [1.165, 1.54) is 0 Å². The summed E-state index contributed by atoms with van der Waals surface area (Å²) < 4.78 is 23.9. The van der Waals surface area contributed by atoms with E-state index in [2.05, 4.69) is 9.88 Å². The fourth-order valence-corrected chi connectivity index (χ4v) is 7.65. The number of nitrogens with zero attached hydrogens (tertiary/aromatic N) is 3. The van der Waals surface area contributed by atoms with Crippen LogP contribution in [0.5, 0.6) is 11.6 Å². The van der Waals surface area contributed by atoms with E-state index in [0.717, 1.165) is 87.8 Å². The zero-order valence-electron chi connectivity index (χ0n) is 30.6. The average Bonchev–Trinajstić information content (AvgIpc) is 3.10. The van der Waals surface area contributed by atoms with Crippen LogP contribution in [0.15, 0.2) is 59.4 Å². The first-order valence-electron chi connectivity index (χ1n) is 18.1. The molecule has 11 heteroatoms. The molecule has 0 radical (unpaired) electrons. The van der Waals surface area contributed by atoms with Crippen LogP contribution < -0.4 is 24.8 Å². The highest BCUT2D eigenvalue weighted by atomic mass is 16.6. The van der Waals surface area contributed by atoms with E-state index in [-0.39, 0.29) is 29.3 Å². The molecule has 2 aliphatic heterocycles. The lowest BCUT2D eigenvalue weighted by Crippen LogP contribution is -2.60. The molecule has 0 bridgehead atoms. The molecular formula is C40H52N4O7. The van der Waals surface area contributed by atoms with E-state index < -0.39 is 5.60 Å². The van der Waals surface area contributed by atoms with E-state index >= 15 is 0 Å². The average molecular weight is 701 g/mol. The maximum Gasteiger partial charge on any atom is 0.410 e. The smallest absolute Gasteiger partial charge is 0.410 e. The monoisotopic (exact) mass is 700 g/mol. The summed E-state index contributed by atoms with van der Waals surface area (Å²) in [6.45, 7) is 9.54. The van der Waals surface area contributed by atoms with Gasteiger partial charge in [-0.15, -0.1) is 0 Å². The first-order chi connectivity index (χ1) is 24.5. The summed E-state index contributed by atoms with van der Waals surface area (Å²) in [6.07, 6.45) is 7.06. The summed E-state index contributed by atoms with van der Waals surface area (Å²) >= 11 is 0. The lowest BCUT2D eigenvalue weighted by Gasteiger charge is -2.53. The first kappa shape index (κ1) is 36.3. The third-order valence-corrected chi connectivity index (χ3v) is 10.4. The van der Waals surface area contributed by atoms with Gasteiger partial charge in [-0.3, -0.25) is 14.6 Å². The van der Waals surface area contributed by atoms with Crippen molar-refractivity contribution in [3.05, 3.63) is 81.6 Å². The molecule has 2 aromatic carbocycles. The quantitative estimate of drug-likeness (QED) is 0.222. The molecule has 0 unspecified atom stereocenters. The van der Waals surface area contributed by atoms with Gasteiger partial charge in [0.2, 0.25) is 0 Å².